The molecule has 94 valence electrons. The van der Waals surface area contributed by atoms with Crippen LogP contribution in [0.5, 0.6) is 0 Å². The van der Waals surface area contributed by atoms with Crippen molar-refractivity contribution in [1.82, 2.24) is 0 Å². The number of benzene rings is 1. The number of halogens is 1. The Bertz CT molecular complexity index is 368. The molecule has 3 atom stereocenters. The minimum atomic E-state index is 0.203. The maximum Gasteiger partial charge on any atom is 0.0324 e. The van der Waals surface area contributed by atoms with Crippen LogP contribution in [0, 0.1) is 18.8 Å². The number of rotatable bonds is 2. The molecule has 1 aliphatic carbocycles. The fourth-order valence-corrected chi connectivity index (χ4v) is 3.66. The molecule has 2 N–H and O–H groups in total. The van der Waals surface area contributed by atoms with Crippen molar-refractivity contribution in [2.75, 3.05) is 0 Å². The molecule has 2 heteroatoms. The van der Waals surface area contributed by atoms with Crippen molar-refractivity contribution in [2.24, 2.45) is 17.6 Å². The highest BCUT2D eigenvalue weighted by atomic mass is 79.9. The Morgan fingerprint density at radius 2 is 2.06 bits per heavy atom. The molecule has 0 radical (unpaired) electrons. The molecule has 0 amide bonds. The molecule has 0 heterocycles. The van der Waals surface area contributed by atoms with Gasteiger partial charge in [-0.2, -0.15) is 0 Å². The standard InChI is InChI=1S/C15H22BrN/c1-10-4-3-5-12(6-10)15(17)13-7-11(2)8-14(16)9-13/h7-10,12,15H,3-6,17H2,1-2H3. The molecular formula is C15H22BrN. The summed E-state index contributed by atoms with van der Waals surface area (Å²) < 4.78 is 1.15. The molecule has 1 nitrogen and oxygen atoms in total. The molecule has 1 aromatic rings. The van der Waals surface area contributed by atoms with Crippen LogP contribution in [0.4, 0.5) is 0 Å². The van der Waals surface area contributed by atoms with Crippen molar-refractivity contribution in [3.63, 3.8) is 0 Å². The molecular weight excluding hydrogens is 274 g/mol. The largest absolute Gasteiger partial charge is 0.324 e. The highest BCUT2D eigenvalue weighted by Gasteiger charge is 2.25. The van der Waals surface area contributed by atoms with E-state index < -0.39 is 0 Å². The predicted octanol–water partition coefficient (Wildman–Crippen LogP) is 4.58. The fourth-order valence-electron chi connectivity index (χ4n) is 3.04. The Kier molecular flexibility index (Phi) is 4.26. The summed E-state index contributed by atoms with van der Waals surface area (Å²) in [4.78, 5) is 0. The summed E-state index contributed by atoms with van der Waals surface area (Å²) in [6.45, 7) is 4.48. The second kappa shape index (κ2) is 5.53. The average Bonchev–Trinajstić information content (AvgIpc) is 2.26. The number of hydrogen-bond donors (Lipinski definition) is 1. The Hall–Kier alpha value is -0.340. The molecule has 2 rings (SSSR count). The van der Waals surface area contributed by atoms with Gasteiger partial charge < -0.3 is 5.73 Å². The number of hydrogen-bond acceptors (Lipinski definition) is 1. The fraction of sp³-hybridized carbons (Fsp3) is 0.600. The first-order chi connectivity index (χ1) is 8.06. The normalized spacial score (nSPS) is 26.8. The molecule has 3 unspecified atom stereocenters. The van der Waals surface area contributed by atoms with Gasteiger partial charge in [-0.25, -0.2) is 0 Å². The summed E-state index contributed by atoms with van der Waals surface area (Å²) in [5.41, 5.74) is 9.02. The van der Waals surface area contributed by atoms with Crippen LogP contribution in [-0.4, -0.2) is 0 Å². The Morgan fingerprint density at radius 3 is 2.71 bits per heavy atom. The third-order valence-corrected chi connectivity index (χ3v) is 4.39. The maximum atomic E-state index is 6.45. The van der Waals surface area contributed by atoms with Gasteiger partial charge in [-0.05, 0) is 54.9 Å². The van der Waals surface area contributed by atoms with E-state index in [1.165, 1.54) is 36.8 Å². The lowest BCUT2D eigenvalue weighted by Gasteiger charge is -2.31. The monoisotopic (exact) mass is 295 g/mol. The van der Waals surface area contributed by atoms with Gasteiger partial charge in [-0.15, -0.1) is 0 Å². The van der Waals surface area contributed by atoms with E-state index in [1.807, 2.05) is 0 Å². The summed E-state index contributed by atoms with van der Waals surface area (Å²) in [6.07, 6.45) is 5.29. The van der Waals surface area contributed by atoms with E-state index in [4.69, 9.17) is 5.73 Å². The van der Waals surface area contributed by atoms with Crippen molar-refractivity contribution in [3.05, 3.63) is 33.8 Å². The third-order valence-electron chi connectivity index (χ3n) is 3.93. The molecule has 1 aliphatic rings. The lowest BCUT2D eigenvalue weighted by Crippen LogP contribution is -2.26. The molecule has 0 spiro atoms. The van der Waals surface area contributed by atoms with Crippen LogP contribution in [0.25, 0.3) is 0 Å². The number of aryl methyl sites for hydroxylation is 1. The lowest BCUT2D eigenvalue weighted by atomic mass is 9.77. The smallest absolute Gasteiger partial charge is 0.0324 e. The van der Waals surface area contributed by atoms with Crippen LogP contribution in [0.15, 0.2) is 22.7 Å². The Morgan fingerprint density at radius 1 is 1.29 bits per heavy atom. The summed E-state index contributed by atoms with van der Waals surface area (Å²) in [7, 11) is 0. The quantitative estimate of drug-likeness (QED) is 0.849. The van der Waals surface area contributed by atoms with Crippen molar-refractivity contribution in [3.8, 4) is 0 Å². The van der Waals surface area contributed by atoms with E-state index >= 15 is 0 Å². The zero-order chi connectivity index (χ0) is 12.4. The molecule has 1 aromatic carbocycles. The van der Waals surface area contributed by atoms with Crippen molar-refractivity contribution < 1.29 is 0 Å². The van der Waals surface area contributed by atoms with Gasteiger partial charge in [0.05, 0.1) is 0 Å². The predicted molar refractivity (Wildman–Crippen MR) is 76.9 cm³/mol. The second-order valence-electron chi connectivity index (χ2n) is 5.62. The van der Waals surface area contributed by atoms with Gasteiger partial charge in [-0.3, -0.25) is 0 Å². The first-order valence-electron chi connectivity index (χ1n) is 6.59. The third kappa shape index (κ3) is 3.32. The molecule has 1 saturated carbocycles. The molecule has 1 fully saturated rings. The minimum Gasteiger partial charge on any atom is -0.324 e. The maximum absolute atomic E-state index is 6.45. The highest BCUT2D eigenvalue weighted by Crippen LogP contribution is 2.36. The van der Waals surface area contributed by atoms with Crippen molar-refractivity contribution in [1.29, 1.82) is 0 Å². The van der Waals surface area contributed by atoms with Crippen LogP contribution in [0.1, 0.15) is 49.8 Å². The van der Waals surface area contributed by atoms with Crippen LogP contribution in [-0.2, 0) is 0 Å². The summed E-state index contributed by atoms with van der Waals surface area (Å²) in [6, 6.07) is 6.75. The SMILES string of the molecule is Cc1cc(Br)cc(C(N)C2CCCC(C)C2)c1. The first kappa shape index (κ1) is 13.1. The van der Waals surface area contributed by atoms with Gasteiger partial charge in [0.1, 0.15) is 0 Å². The van der Waals surface area contributed by atoms with Crippen molar-refractivity contribution in [2.45, 2.75) is 45.6 Å². The molecule has 0 saturated heterocycles. The zero-order valence-electron chi connectivity index (χ0n) is 10.7. The van der Waals surface area contributed by atoms with Gasteiger partial charge in [0.25, 0.3) is 0 Å². The molecule has 17 heavy (non-hydrogen) atoms. The minimum absolute atomic E-state index is 0.203. The summed E-state index contributed by atoms with van der Waals surface area (Å²) >= 11 is 3.56. The van der Waals surface area contributed by atoms with E-state index in [0.29, 0.717) is 5.92 Å². The Labute approximate surface area is 113 Å². The highest BCUT2D eigenvalue weighted by molar-refractivity contribution is 9.10. The second-order valence-corrected chi connectivity index (χ2v) is 6.54. The van der Waals surface area contributed by atoms with E-state index in [1.54, 1.807) is 0 Å². The molecule has 0 aromatic heterocycles. The lowest BCUT2D eigenvalue weighted by molar-refractivity contribution is 0.248. The van der Waals surface area contributed by atoms with Crippen LogP contribution in [0.3, 0.4) is 0 Å². The van der Waals surface area contributed by atoms with Crippen molar-refractivity contribution >= 4 is 15.9 Å². The van der Waals surface area contributed by atoms with E-state index in [9.17, 15) is 0 Å². The zero-order valence-corrected chi connectivity index (χ0v) is 12.3. The van der Waals surface area contributed by atoms with Crippen LogP contribution >= 0.6 is 15.9 Å². The van der Waals surface area contributed by atoms with E-state index in [2.05, 4.69) is 48.0 Å². The van der Waals surface area contributed by atoms with E-state index in [0.717, 1.165) is 10.4 Å². The van der Waals surface area contributed by atoms with Gasteiger partial charge in [-0.1, -0.05) is 41.8 Å². The van der Waals surface area contributed by atoms with Crippen LogP contribution < -0.4 is 5.73 Å². The average molecular weight is 296 g/mol. The molecule has 0 bridgehead atoms. The van der Waals surface area contributed by atoms with Gasteiger partial charge >= 0.3 is 0 Å². The van der Waals surface area contributed by atoms with Gasteiger partial charge in [0.2, 0.25) is 0 Å². The molecule has 0 aliphatic heterocycles. The van der Waals surface area contributed by atoms with Gasteiger partial charge in [0.15, 0.2) is 0 Å². The Balaban J connectivity index is 2.15. The number of nitrogens with two attached hydrogens (primary N) is 1. The van der Waals surface area contributed by atoms with Gasteiger partial charge in [0, 0.05) is 10.5 Å². The summed E-state index contributed by atoms with van der Waals surface area (Å²) in [5.74, 6) is 1.50. The topological polar surface area (TPSA) is 26.0 Å². The van der Waals surface area contributed by atoms with Crippen LogP contribution in [0.2, 0.25) is 0 Å². The first-order valence-corrected chi connectivity index (χ1v) is 7.38. The summed E-state index contributed by atoms with van der Waals surface area (Å²) in [5, 5.41) is 0. The van der Waals surface area contributed by atoms with E-state index in [-0.39, 0.29) is 6.04 Å².